The quantitative estimate of drug-likeness (QED) is 0.400. The summed E-state index contributed by atoms with van der Waals surface area (Å²) in [7, 11) is 0. The molecule has 9 heteroatoms. The van der Waals surface area contributed by atoms with Crippen molar-refractivity contribution in [3.05, 3.63) is 65.1 Å². The molecule has 0 atom stereocenters. The van der Waals surface area contributed by atoms with E-state index < -0.39 is 11.1 Å². The molecule has 0 aliphatic carbocycles. The predicted molar refractivity (Wildman–Crippen MR) is 132 cm³/mol. The Labute approximate surface area is 205 Å². The molecule has 1 saturated heterocycles. The van der Waals surface area contributed by atoms with Crippen molar-refractivity contribution in [1.82, 2.24) is 9.80 Å². The van der Waals surface area contributed by atoms with Crippen LogP contribution in [-0.4, -0.2) is 45.0 Å². The van der Waals surface area contributed by atoms with Crippen LogP contribution in [0.3, 0.4) is 0 Å². The van der Waals surface area contributed by atoms with Gasteiger partial charge in [0.25, 0.3) is 11.1 Å². The molecule has 1 fully saturated rings. The monoisotopic (exact) mass is 646 g/mol. The molecule has 0 saturated carbocycles. The Hall–Kier alpha value is -1.60. The third-order valence-corrected chi connectivity index (χ3v) is 7.35. The summed E-state index contributed by atoms with van der Waals surface area (Å²) in [5.41, 5.74) is 2.79. The van der Waals surface area contributed by atoms with Gasteiger partial charge in [0.2, 0.25) is 5.91 Å². The van der Waals surface area contributed by atoms with Crippen LogP contribution in [0.5, 0.6) is 5.75 Å². The van der Waals surface area contributed by atoms with Crippen LogP contribution in [0, 0.1) is 7.14 Å². The van der Waals surface area contributed by atoms with Gasteiger partial charge in [-0.15, -0.1) is 0 Å². The molecule has 2 aliphatic rings. The molecule has 30 heavy (non-hydrogen) atoms. The van der Waals surface area contributed by atoms with Crippen molar-refractivity contribution in [2.75, 3.05) is 13.1 Å². The summed E-state index contributed by atoms with van der Waals surface area (Å²) in [5.74, 6) is -0.699. The summed E-state index contributed by atoms with van der Waals surface area (Å²) in [6.45, 7) is 0.770. The highest BCUT2D eigenvalue weighted by atomic mass is 127. The van der Waals surface area contributed by atoms with Crippen LogP contribution < -0.4 is 0 Å². The van der Waals surface area contributed by atoms with Crippen LogP contribution in [0.4, 0.5) is 4.79 Å². The van der Waals surface area contributed by atoms with Gasteiger partial charge in [0, 0.05) is 22.2 Å². The number of aromatic hydroxyl groups is 1. The highest BCUT2D eigenvalue weighted by Crippen LogP contribution is 2.35. The van der Waals surface area contributed by atoms with Crippen molar-refractivity contribution >= 4 is 80.1 Å². The van der Waals surface area contributed by atoms with E-state index in [1.165, 1.54) is 11.6 Å². The second-order valence-corrected chi connectivity index (χ2v) is 10.3. The maximum absolute atomic E-state index is 12.8. The zero-order chi connectivity index (χ0) is 21.4. The first kappa shape index (κ1) is 21.6. The number of phenolic OH excluding ortho intramolecular Hbond substituents is 1. The van der Waals surface area contributed by atoms with Gasteiger partial charge in [0.05, 0.1) is 8.48 Å². The Morgan fingerprint density at radius 1 is 1.17 bits per heavy atom. The summed E-state index contributed by atoms with van der Waals surface area (Å²) < 4.78 is 1.56. The van der Waals surface area contributed by atoms with Crippen molar-refractivity contribution in [1.29, 1.82) is 0 Å². The lowest BCUT2D eigenvalue weighted by Crippen LogP contribution is -2.44. The SMILES string of the molecule is O=C(CN1C(=O)S/C(=C\c2cc(I)cc(I)c2O)C1=O)N1CCc2ccccc2C1. The molecule has 0 aromatic heterocycles. The van der Waals surface area contributed by atoms with E-state index in [1.54, 1.807) is 11.0 Å². The first-order chi connectivity index (χ1) is 14.3. The molecule has 6 nitrogen and oxygen atoms in total. The molecule has 2 aromatic carbocycles. The van der Waals surface area contributed by atoms with E-state index in [2.05, 4.69) is 28.7 Å². The molecule has 0 bridgehead atoms. The average Bonchev–Trinajstić information content (AvgIpc) is 2.98. The highest BCUT2D eigenvalue weighted by molar-refractivity contribution is 14.1. The molecular formula is C21H16I2N2O4S. The van der Waals surface area contributed by atoms with Gasteiger partial charge in [-0.25, -0.2) is 0 Å². The molecule has 3 amide bonds. The molecule has 4 rings (SSSR count). The molecule has 2 aliphatic heterocycles. The number of carbonyl (C=O) groups excluding carboxylic acids is 3. The summed E-state index contributed by atoms with van der Waals surface area (Å²) >= 11 is 4.92. The maximum Gasteiger partial charge on any atom is 0.294 e. The molecule has 1 N–H and O–H groups in total. The fourth-order valence-electron chi connectivity index (χ4n) is 3.42. The van der Waals surface area contributed by atoms with E-state index in [1.807, 2.05) is 46.9 Å². The Morgan fingerprint density at radius 3 is 2.67 bits per heavy atom. The maximum atomic E-state index is 12.8. The number of fused-ring (bicyclic) bond motifs is 1. The third kappa shape index (κ3) is 4.37. The molecule has 0 unspecified atom stereocenters. The summed E-state index contributed by atoms with van der Waals surface area (Å²) in [6, 6.07) is 11.5. The lowest BCUT2D eigenvalue weighted by Gasteiger charge is -2.29. The Morgan fingerprint density at radius 2 is 1.90 bits per heavy atom. The second-order valence-electron chi connectivity index (χ2n) is 6.93. The van der Waals surface area contributed by atoms with Crippen LogP contribution in [0.1, 0.15) is 16.7 Å². The minimum Gasteiger partial charge on any atom is -0.506 e. The summed E-state index contributed by atoms with van der Waals surface area (Å²) in [6.07, 6.45) is 2.26. The highest BCUT2D eigenvalue weighted by Gasteiger charge is 2.37. The van der Waals surface area contributed by atoms with E-state index in [-0.39, 0.29) is 23.1 Å². The second kappa shape index (κ2) is 8.87. The van der Waals surface area contributed by atoms with Crippen molar-refractivity contribution < 1.29 is 19.5 Å². The number of carbonyl (C=O) groups is 3. The van der Waals surface area contributed by atoms with Crippen LogP contribution >= 0.6 is 56.9 Å². The number of amides is 3. The fraction of sp³-hybridized carbons (Fsp3) is 0.190. The van der Waals surface area contributed by atoms with Gasteiger partial charge in [-0.1, -0.05) is 24.3 Å². The summed E-state index contributed by atoms with van der Waals surface area (Å²) in [4.78, 5) is 40.8. The lowest BCUT2D eigenvalue weighted by molar-refractivity contribution is -0.136. The molecule has 154 valence electrons. The number of nitrogens with zero attached hydrogens (tertiary/aromatic N) is 2. The van der Waals surface area contributed by atoms with Gasteiger partial charge in [0.1, 0.15) is 12.3 Å². The predicted octanol–water partition coefficient (Wildman–Crippen LogP) is 4.22. The Bertz CT molecular complexity index is 1100. The zero-order valence-corrected chi connectivity index (χ0v) is 20.7. The number of benzene rings is 2. The van der Waals surface area contributed by atoms with Crippen molar-refractivity contribution in [2.45, 2.75) is 13.0 Å². The zero-order valence-electron chi connectivity index (χ0n) is 15.6. The Kier molecular flexibility index (Phi) is 6.39. The molecule has 2 heterocycles. The van der Waals surface area contributed by atoms with Crippen molar-refractivity contribution in [3.8, 4) is 5.75 Å². The molecule has 0 spiro atoms. The number of phenols is 1. The van der Waals surface area contributed by atoms with Crippen LogP contribution in [-0.2, 0) is 22.6 Å². The van der Waals surface area contributed by atoms with E-state index in [9.17, 15) is 19.5 Å². The van der Waals surface area contributed by atoms with E-state index in [4.69, 9.17) is 0 Å². The number of imide groups is 1. The van der Waals surface area contributed by atoms with Crippen LogP contribution in [0.2, 0.25) is 0 Å². The van der Waals surface area contributed by atoms with Gasteiger partial charge in [0.15, 0.2) is 0 Å². The molecular weight excluding hydrogens is 630 g/mol. The number of rotatable bonds is 3. The van der Waals surface area contributed by atoms with E-state index >= 15 is 0 Å². The van der Waals surface area contributed by atoms with Gasteiger partial charge >= 0.3 is 0 Å². The van der Waals surface area contributed by atoms with Gasteiger partial charge in [-0.2, -0.15) is 0 Å². The first-order valence-corrected chi connectivity index (χ1v) is 12.1. The topological polar surface area (TPSA) is 77.9 Å². The number of hydrogen-bond acceptors (Lipinski definition) is 5. The smallest absolute Gasteiger partial charge is 0.294 e. The largest absolute Gasteiger partial charge is 0.506 e. The Balaban J connectivity index is 1.49. The lowest BCUT2D eigenvalue weighted by atomic mass is 10.00. The summed E-state index contributed by atoms with van der Waals surface area (Å²) in [5, 5.41) is 9.79. The third-order valence-electron chi connectivity index (χ3n) is 4.99. The minimum atomic E-state index is -0.510. The van der Waals surface area contributed by atoms with Crippen LogP contribution in [0.25, 0.3) is 6.08 Å². The average molecular weight is 646 g/mol. The van der Waals surface area contributed by atoms with E-state index in [0.29, 0.717) is 22.2 Å². The molecule has 2 aromatic rings. The van der Waals surface area contributed by atoms with Crippen molar-refractivity contribution in [2.24, 2.45) is 0 Å². The first-order valence-electron chi connectivity index (χ1n) is 9.11. The number of thioether (sulfide) groups is 1. The van der Waals surface area contributed by atoms with Gasteiger partial charge < -0.3 is 10.0 Å². The standard InChI is InChI=1S/C21H16I2N2O4S/c22-15-7-14(19(27)16(23)9-15)8-17-20(28)25(21(29)30-17)11-18(26)24-6-5-12-3-1-2-4-13(12)10-24/h1-4,7-9,27H,5-6,10-11H2/b17-8-. The van der Waals surface area contributed by atoms with E-state index in [0.717, 1.165) is 32.2 Å². The van der Waals surface area contributed by atoms with Crippen molar-refractivity contribution in [3.63, 3.8) is 0 Å². The number of hydrogen-bond donors (Lipinski definition) is 1. The fourth-order valence-corrected chi connectivity index (χ4v) is 6.14. The minimum absolute atomic E-state index is 0.0610. The normalized spacial score (nSPS) is 17.6. The van der Waals surface area contributed by atoms with Crippen LogP contribution in [0.15, 0.2) is 41.3 Å². The van der Waals surface area contributed by atoms with Gasteiger partial charge in [-0.3, -0.25) is 19.3 Å². The molecule has 0 radical (unpaired) electrons. The van der Waals surface area contributed by atoms with Gasteiger partial charge in [-0.05, 0) is 92.7 Å². The number of halogens is 2.